The number of hydrogen-bond acceptors (Lipinski definition) is 8. The highest BCUT2D eigenvalue weighted by Gasteiger charge is 2.20. The highest BCUT2D eigenvalue weighted by atomic mass is 32.2. The van der Waals surface area contributed by atoms with Gasteiger partial charge in [0, 0.05) is 19.8 Å². The van der Waals surface area contributed by atoms with Crippen LogP contribution in [0, 0.1) is 6.92 Å². The SMILES string of the molecule is Cc1cc(NC(=O)c2ccco2)sc1C(=O)OCC(=O)Nc1cccc(S(=O)(=O)N(C)C)c1. The van der Waals surface area contributed by atoms with Gasteiger partial charge in [0.2, 0.25) is 10.0 Å². The molecule has 10 nitrogen and oxygen atoms in total. The van der Waals surface area contributed by atoms with Crippen LogP contribution in [0.5, 0.6) is 0 Å². The largest absolute Gasteiger partial charge is 0.459 e. The number of hydrogen-bond donors (Lipinski definition) is 2. The average Bonchev–Trinajstić information content (AvgIpc) is 3.42. The number of carbonyl (C=O) groups excluding carboxylic acids is 3. The minimum Gasteiger partial charge on any atom is -0.459 e. The Hall–Kier alpha value is -3.48. The van der Waals surface area contributed by atoms with E-state index in [2.05, 4.69) is 10.6 Å². The maximum absolute atomic E-state index is 12.4. The van der Waals surface area contributed by atoms with Crippen LogP contribution in [0.25, 0.3) is 0 Å². The van der Waals surface area contributed by atoms with Crippen LogP contribution in [0.1, 0.15) is 25.8 Å². The lowest BCUT2D eigenvalue weighted by Crippen LogP contribution is -2.23. The topological polar surface area (TPSA) is 135 Å². The maximum Gasteiger partial charge on any atom is 0.349 e. The second-order valence-corrected chi connectivity index (χ2v) is 10.2. The molecule has 12 heteroatoms. The number of sulfonamides is 1. The lowest BCUT2D eigenvalue weighted by molar-refractivity contribution is -0.119. The lowest BCUT2D eigenvalue weighted by atomic mass is 10.3. The van der Waals surface area contributed by atoms with Crippen molar-refractivity contribution in [1.29, 1.82) is 0 Å². The zero-order chi connectivity index (χ0) is 24.2. The number of nitrogens with zero attached hydrogens (tertiary/aromatic N) is 1. The fourth-order valence-electron chi connectivity index (χ4n) is 2.67. The Kier molecular flexibility index (Phi) is 7.31. The van der Waals surface area contributed by atoms with Crippen molar-refractivity contribution in [3.63, 3.8) is 0 Å². The molecule has 174 valence electrons. The first-order chi connectivity index (χ1) is 15.6. The molecule has 2 N–H and O–H groups in total. The van der Waals surface area contributed by atoms with Crippen LogP contribution in [0.4, 0.5) is 10.7 Å². The number of ether oxygens (including phenoxy) is 1. The number of thiophene rings is 1. The van der Waals surface area contributed by atoms with Gasteiger partial charge in [-0.3, -0.25) is 9.59 Å². The van der Waals surface area contributed by atoms with Crippen molar-refractivity contribution in [2.75, 3.05) is 31.3 Å². The first-order valence-corrected chi connectivity index (χ1v) is 11.8. The Bertz CT molecular complexity index is 1280. The molecule has 0 spiro atoms. The number of anilines is 2. The molecule has 0 fully saturated rings. The van der Waals surface area contributed by atoms with Crippen LogP contribution < -0.4 is 10.6 Å². The normalized spacial score (nSPS) is 11.3. The van der Waals surface area contributed by atoms with Gasteiger partial charge in [0.05, 0.1) is 16.2 Å². The number of nitrogens with one attached hydrogen (secondary N) is 2. The van der Waals surface area contributed by atoms with Gasteiger partial charge in [-0.15, -0.1) is 11.3 Å². The molecule has 2 aromatic heterocycles. The van der Waals surface area contributed by atoms with Crippen LogP contribution in [0.15, 0.2) is 58.0 Å². The molecule has 2 amide bonds. The van der Waals surface area contributed by atoms with Gasteiger partial charge >= 0.3 is 5.97 Å². The summed E-state index contributed by atoms with van der Waals surface area (Å²) in [6, 6.07) is 10.4. The maximum atomic E-state index is 12.4. The van der Waals surface area contributed by atoms with E-state index in [1.54, 1.807) is 19.1 Å². The third kappa shape index (κ3) is 5.86. The first kappa shape index (κ1) is 24.2. The molecule has 0 atom stereocenters. The fraction of sp³-hybridized carbons (Fsp3) is 0.190. The van der Waals surface area contributed by atoms with Gasteiger partial charge in [-0.05, 0) is 48.9 Å². The van der Waals surface area contributed by atoms with E-state index < -0.39 is 34.4 Å². The highest BCUT2D eigenvalue weighted by molar-refractivity contribution is 7.89. The number of esters is 1. The Morgan fingerprint density at radius 1 is 1.09 bits per heavy atom. The third-order valence-corrected chi connectivity index (χ3v) is 7.26. The predicted octanol–water partition coefficient (Wildman–Crippen LogP) is 2.95. The molecule has 0 saturated heterocycles. The number of benzene rings is 1. The standard InChI is InChI=1S/C21H21N3O7S2/c1-13-10-18(23-20(26)16-8-5-9-30-16)32-19(13)21(27)31-12-17(25)22-14-6-4-7-15(11-14)33(28,29)24(2)3/h4-11H,12H2,1-3H3,(H,22,25)(H,23,26). The van der Waals surface area contributed by atoms with Gasteiger partial charge in [-0.2, -0.15) is 0 Å². The average molecular weight is 492 g/mol. The first-order valence-electron chi connectivity index (χ1n) is 9.53. The number of furan rings is 1. The molecule has 0 unspecified atom stereocenters. The van der Waals surface area contributed by atoms with Crippen molar-refractivity contribution < 1.29 is 32.0 Å². The molecule has 2 heterocycles. The molecule has 0 aliphatic carbocycles. The molecule has 1 aromatic carbocycles. The fourth-order valence-corrected chi connectivity index (χ4v) is 4.58. The molecule has 0 saturated carbocycles. The second-order valence-electron chi connectivity index (χ2n) is 6.99. The zero-order valence-electron chi connectivity index (χ0n) is 17.9. The summed E-state index contributed by atoms with van der Waals surface area (Å²) in [4.78, 5) is 36.9. The van der Waals surface area contributed by atoms with Crippen molar-refractivity contribution >= 4 is 49.8 Å². The summed E-state index contributed by atoms with van der Waals surface area (Å²) < 4.78 is 35.6. The molecule has 0 radical (unpaired) electrons. The molecular weight excluding hydrogens is 470 g/mol. The molecule has 33 heavy (non-hydrogen) atoms. The van der Waals surface area contributed by atoms with Crippen molar-refractivity contribution in [2.24, 2.45) is 0 Å². The molecule has 0 aliphatic heterocycles. The van der Waals surface area contributed by atoms with E-state index in [1.165, 1.54) is 50.7 Å². The monoisotopic (exact) mass is 491 g/mol. The molecule has 0 aliphatic rings. The Balaban J connectivity index is 1.58. The third-order valence-electron chi connectivity index (χ3n) is 4.32. The van der Waals surface area contributed by atoms with Gasteiger partial charge in [0.25, 0.3) is 11.8 Å². The Morgan fingerprint density at radius 2 is 1.85 bits per heavy atom. The van der Waals surface area contributed by atoms with E-state index in [9.17, 15) is 22.8 Å². The van der Waals surface area contributed by atoms with Crippen LogP contribution in [-0.4, -0.2) is 51.2 Å². The van der Waals surface area contributed by atoms with Gasteiger partial charge in [0.15, 0.2) is 12.4 Å². The number of carbonyl (C=O) groups is 3. The minimum atomic E-state index is -3.66. The smallest absolute Gasteiger partial charge is 0.349 e. The summed E-state index contributed by atoms with van der Waals surface area (Å²) in [7, 11) is -0.854. The van der Waals surface area contributed by atoms with Gasteiger partial charge in [-0.25, -0.2) is 17.5 Å². The quantitative estimate of drug-likeness (QED) is 0.463. The summed E-state index contributed by atoms with van der Waals surface area (Å²) >= 11 is 1.01. The number of amides is 2. The predicted molar refractivity (Wildman–Crippen MR) is 122 cm³/mol. The van der Waals surface area contributed by atoms with Crippen LogP contribution in [-0.2, 0) is 19.6 Å². The molecule has 3 aromatic rings. The summed E-state index contributed by atoms with van der Waals surface area (Å²) in [5.41, 5.74) is 0.816. The van der Waals surface area contributed by atoms with Gasteiger partial charge in [-0.1, -0.05) is 6.07 Å². The van der Waals surface area contributed by atoms with E-state index in [1.807, 2.05) is 0 Å². The second kappa shape index (κ2) is 9.98. The van der Waals surface area contributed by atoms with Crippen LogP contribution in [0.2, 0.25) is 0 Å². The molecule has 3 rings (SSSR count). The molecular formula is C21H21N3O7S2. The van der Waals surface area contributed by atoms with E-state index >= 15 is 0 Å². The summed E-state index contributed by atoms with van der Waals surface area (Å²) in [5.74, 6) is -1.69. The van der Waals surface area contributed by atoms with E-state index in [-0.39, 0.29) is 21.2 Å². The minimum absolute atomic E-state index is 0.0145. The summed E-state index contributed by atoms with van der Waals surface area (Å²) in [6.45, 7) is 1.10. The summed E-state index contributed by atoms with van der Waals surface area (Å²) in [6.07, 6.45) is 1.37. The Morgan fingerprint density at radius 3 is 2.52 bits per heavy atom. The van der Waals surface area contributed by atoms with Crippen molar-refractivity contribution in [3.8, 4) is 0 Å². The lowest BCUT2D eigenvalue weighted by Gasteiger charge is -2.12. The van der Waals surface area contributed by atoms with Gasteiger partial charge < -0.3 is 19.8 Å². The Labute approximate surface area is 194 Å². The van der Waals surface area contributed by atoms with Gasteiger partial charge in [0.1, 0.15) is 4.88 Å². The van der Waals surface area contributed by atoms with Crippen LogP contribution in [0.3, 0.4) is 0 Å². The number of aryl methyl sites for hydroxylation is 1. The zero-order valence-corrected chi connectivity index (χ0v) is 19.6. The summed E-state index contributed by atoms with van der Waals surface area (Å²) in [5, 5.41) is 5.55. The number of rotatable bonds is 8. The van der Waals surface area contributed by atoms with Crippen LogP contribution >= 0.6 is 11.3 Å². The van der Waals surface area contributed by atoms with E-state index in [0.29, 0.717) is 10.6 Å². The van der Waals surface area contributed by atoms with Crippen molar-refractivity contribution in [3.05, 3.63) is 64.9 Å². The van der Waals surface area contributed by atoms with E-state index in [0.717, 1.165) is 15.6 Å². The van der Waals surface area contributed by atoms with E-state index in [4.69, 9.17) is 9.15 Å². The van der Waals surface area contributed by atoms with Crippen molar-refractivity contribution in [2.45, 2.75) is 11.8 Å². The van der Waals surface area contributed by atoms with Crippen molar-refractivity contribution in [1.82, 2.24) is 4.31 Å². The molecule has 0 bridgehead atoms. The highest BCUT2D eigenvalue weighted by Crippen LogP contribution is 2.28.